The van der Waals surface area contributed by atoms with Crippen molar-refractivity contribution >= 4 is 11.6 Å². The molecule has 0 unspecified atom stereocenters. The maximum absolute atomic E-state index is 13.9. The van der Waals surface area contributed by atoms with Crippen LogP contribution in [0, 0.1) is 24.6 Å². The second-order valence-electron chi connectivity index (χ2n) is 7.80. The van der Waals surface area contributed by atoms with Gasteiger partial charge in [0, 0.05) is 0 Å². The third kappa shape index (κ3) is 5.48. The minimum absolute atomic E-state index is 0.191. The minimum Gasteiger partial charge on any atom is -0.205 e. The van der Waals surface area contributed by atoms with E-state index in [9.17, 15) is 4.39 Å². The van der Waals surface area contributed by atoms with Crippen LogP contribution in [0.25, 0.3) is 0 Å². The molecule has 1 aromatic carbocycles. The van der Waals surface area contributed by atoms with Crippen molar-refractivity contribution in [2.45, 2.75) is 84.5 Å². The Morgan fingerprint density at radius 1 is 0.870 bits per heavy atom. The van der Waals surface area contributed by atoms with E-state index in [0.717, 1.165) is 35.8 Å². The van der Waals surface area contributed by atoms with E-state index in [0.29, 0.717) is 10.9 Å². The van der Waals surface area contributed by atoms with E-state index >= 15 is 0 Å². The molecule has 0 spiro atoms. The highest BCUT2D eigenvalue weighted by atomic mass is 35.5. The lowest BCUT2D eigenvalue weighted by atomic mass is 9.83. The molecule has 0 radical (unpaired) electrons. The quantitative estimate of drug-likeness (QED) is 0.492. The average molecular weight is 339 g/mol. The molecule has 23 heavy (non-hydrogen) atoms. The molecular formula is C21H32ClF. The Hall–Kier alpha value is -0.560. The molecule has 0 bridgehead atoms. The van der Waals surface area contributed by atoms with E-state index in [4.69, 9.17) is 11.6 Å². The molecule has 0 amide bonds. The zero-order valence-electron chi connectivity index (χ0n) is 15.0. The van der Waals surface area contributed by atoms with Crippen LogP contribution >= 0.6 is 11.6 Å². The van der Waals surface area contributed by atoms with Crippen LogP contribution in [0.4, 0.5) is 4.39 Å². The Labute approximate surface area is 146 Å². The summed E-state index contributed by atoms with van der Waals surface area (Å²) < 4.78 is 13.9. The number of halogens is 2. The van der Waals surface area contributed by atoms with Crippen molar-refractivity contribution in [2.75, 3.05) is 0 Å². The first kappa shape index (κ1) is 18.8. The summed E-state index contributed by atoms with van der Waals surface area (Å²) in [5, 5.41) is 0.304. The van der Waals surface area contributed by atoms with E-state index in [1.165, 1.54) is 44.9 Å². The van der Waals surface area contributed by atoms with Crippen LogP contribution in [0.15, 0.2) is 12.1 Å². The largest absolute Gasteiger partial charge is 0.205 e. The molecule has 130 valence electrons. The Morgan fingerprint density at radius 2 is 1.39 bits per heavy atom. The van der Waals surface area contributed by atoms with Gasteiger partial charge in [-0.05, 0) is 48.6 Å². The maximum Gasteiger partial charge on any atom is 0.145 e. The van der Waals surface area contributed by atoms with Gasteiger partial charge in [0.25, 0.3) is 0 Å². The van der Waals surface area contributed by atoms with Crippen molar-refractivity contribution in [1.82, 2.24) is 0 Å². The molecule has 0 saturated heterocycles. The summed E-state index contributed by atoms with van der Waals surface area (Å²) in [5.74, 6) is 2.23. The number of rotatable bonds is 1. The first-order valence-electron chi connectivity index (χ1n) is 9.43. The van der Waals surface area contributed by atoms with Gasteiger partial charge in [-0.15, -0.1) is 0 Å². The van der Waals surface area contributed by atoms with Crippen molar-refractivity contribution in [3.63, 3.8) is 0 Å². The first-order chi connectivity index (χ1) is 11.0. The van der Waals surface area contributed by atoms with Gasteiger partial charge >= 0.3 is 0 Å². The molecule has 0 N–H and O–H groups in total. The van der Waals surface area contributed by atoms with Gasteiger partial charge in [-0.25, -0.2) is 4.39 Å². The molecule has 2 heteroatoms. The zero-order chi connectivity index (χ0) is 16.8. The summed E-state index contributed by atoms with van der Waals surface area (Å²) in [6, 6.07) is 3.84. The second-order valence-corrected chi connectivity index (χ2v) is 8.18. The number of hydrogen-bond donors (Lipinski definition) is 0. The van der Waals surface area contributed by atoms with Crippen LogP contribution in [0.5, 0.6) is 0 Å². The molecule has 2 saturated carbocycles. The smallest absolute Gasteiger partial charge is 0.145 e. The van der Waals surface area contributed by atoms with Gasteiger partial charge < -0.3 is 0 Å². The summed E-state index contributed by atoms with van der Waals surface area (Å²) in [6.45, 7) is 6.58. The van der Waals surface area contributed by atoms with Crippen molar-refractivity contribution in [2.24, 2.45) is 11.8 Å². The Bertz CT molecular complexity index is 473. The van der Waals surface area contributed by atoms with Gasteiger partial charge in [0.15, 0.2) is 0 Å². The lowest BCUT2D eigenvalue weighted by Crippen LogP contribution is -2.08. The Balaban J connectivity index is 0.000000203. The van der Waals surface area contributed by atoms with E-state index < -0.39 is 0 Å². The molecule has 0 aromatic heterocycles. The molecule has 2 aliphatic carbocycles. The van der Waals surface area contributed by atoms with Crippen molar-refractivity contribution < 1.29 is 4.39 Å². The number of benzene rings is 1. The standard InChI is InChI=1S/C13H16ClF.C8H16/c1-9-7-8-11(13(15)12(9)14)10-5-3-2-4-6-10;1-7-3-5-8(2)6-4-7/h7-8,10H,2-6H2,1H3;7-8H,3-6H2,1-2H3. The van der Waals surface area contributed by atoms with Gasteiger partial charge in [0.1, 0.15) is 5.82 Å². The topological polar surface area (TPSA) is 0 Å². The van der Waals surface area contributed by atoms with E-state index in [2.05, 4.69) is 13.8 Å². The first-order valence-corrected chi connectivity index (χ1v) is 9.81. The van der Waals surface area contributed by atoms with E-state index in [1.54, 1.807) is 0 Å². The van der Waals surface area contributed by atoms with E-state index in [1.807, 2.05) is 19.1 Å². The summed E-state index contributed by atoms with van der Waals surface area (Å²) >= 11 is 5.93. The molecule has 0 atom stereocenters. The molecule has 0 heterocycles. The fourth-order valence-corrected chi connectivity index (χ4v) is 3.99. The summed E-state index contributed by atoms with van der Waals surface area (Å²) in [6.07, 6.45) is 11.8. The van der Waals surface area contributed by atoms with Gasteiger partial charge in [-0.2, -0.15) is 0 Å². The van der Waals surface area contributed by atoms with Crippen LogP contribution in [0.2, 0.25) is 5.02 Å². The fraction of sp³-hybridized carbons (Fsp3) is 0.714. The third-order valence-corrected chi connectivity index (χ3v) is 6.12. The van der Waals surface area contributed by atoms with Gasteiger partial charge in [-0.3, -0.25) is 0 Å². The molecule has 2 aliphatic rings. The van der Waals surface area contributed by atoms with Gasteiger partial charge in [0.2, 0.25) is 0 Å². The van der Waals surface area contributed by atoms with Crippen molar-refractivity contribution in [3.05, 3.63) is 34.1 Å². The summed E-state index contributed by atoms with van der Waals surface area (Å²) in [5.41, 5.74) is 1.65. The minimum atomic E-state index is -0.191. The molecular weight excluding hydrogens is 307 g/mol. The summed E-state index contributed by atoms with van der Waals surface area (Å²) in [7, 11) is 0. The van der Waals surface area contributed by atoms with Crippen LogP contribution in [0.1, 0.15) is 88.7 Å². The lowest BCUT2D eigenvalue weighted by molar-refractivity contribution is 0.308. The maximum atomic E-state index is 13.9. The SMILES string of the molecule is CC1CCC(C)CC1.Cc1ccc(C2CCCCC2)c(F)c1Cl. The van der Waals surface area contributed by atoms with Gasteiger partial charge in [-0.1, -0.05) is 82.5 Å². The lowest BCUT2D eigenvalue weighted by Gasteiger charge is -2.23. The van der Waals surface area contributed by atoms with Gasteiger partial charge in [0.05, 0.1) is 5.02 Å². The number of hydrogen-bond acceptors (Lipinski definition) is 0. The molecule has 3 rings (SSSR count). The second kappa shape index (κ2) is 9.06. The van der Waals surface area contributed by atoms with Crippen LogP contribution in [-0.2, 0) is 0 Å². The predicted octanol–water partition coefficient (Wildman–Crippen LogP) is 7.67. The molecule has 0 nitrogen and oxygen atoms in total. The van der Waals surface area contributed by atoms with Crippen LogP contribution in [-0.4, -0.2) is 0 Å². The van der Waals surface area contributed by atoms with Crippen molar-refractivity contribution in [3.8, 4) is 0 Å². The Kier molecular flexibility index (Phi) is 7.40. The molecule has 0 aliphatic heterocycles. The monoisotopic (exact) mass is 338 g/mol. The Morgan fingerprint density at radius 3 is 1.91 bits per heavy atom. The van der Waals surface area contributed by atoms with Crippen LogP contribution in [0.3, 0.4) is 0 Å². The van der Waals surface area contributed by atoms with Crippen molar-refractivity contribution in [1.29, 1.82) is 0 Å². The predicted molar refractivity (Wildman–Crippen MR) is 98.8 cm³/mol. The zero-order valence-corrected chi connectivity index (χ0v) is 15.8. The average Bonchev–Trinajstić information content (AvgIpc) is 2.57. The molecule has 1 aromatic rings. The fourth-order valence-electron chi connectivity index (χ4n) is 3.82. The van der Waals surface area contributed by atoms with E-state index in [-0.39, 0.29) is 5.82 Å². The third-order valence-electron chi connectivity index (χ3n) is 5.65. The summed E-state index contributed by atoms with van der Waals surface area (Å²) in [4.78, 5) is 0. The number of aryl methyl sites for hydroxylation is 1. The molecule has 2 fully saturated rings. The highest BCUT2D eigenvalue weighted by Crippen LogP contribution is 2.36. The normalized spacial score (nSPS) is 25.6. The highest BCUT2D eigenvalue weighted by molar-refractivity contribution is 6.31. The highest BCUT2D eigenvalue weighted by Gasteiger charge is 2.20. The van der Waals surface area contributed by atoms with Crippen LogP contribution < -0.4 is 0 Å².